The SMILES string of the molecule is Cc1cc(C)cc(-n2nnc(C(=O)O)c2Cc2cccs2)c1. The van der Waals surface area contributed by atoms with Crippen LogP contribution >= 0.6 is 11.3 Å². The molecule has 3 rings (SSSR count). The Labute approximate surface area is 131 Å². The van der Waals surface area contributed by atoms with Crippen LogP contribution in [0.2, 0.25) is 0 Å². The minimum atomic E-state index is -1.05. The van der Waals surface area contributed by atoms with Crippen molar-refractivity contribution < 1.29 is 9.90 Å². The number of aryl methyl sites for hydroxylation is 2. The summed E-state index contributed by atoms with van der Waals surface area (Å²) < 4.78 is 1.63. The summed E-state index contributed by atoms with van der Waals surface area (Å²) in [5, 5.41) is 19.2. The van der Waals surface area contributed by atoms with E-state index in [4.69, 9.17) is 0 Å². The number of rotatable bonds is 4. The van der Waals surface area contributed by atoms with Gasteiger partial charge in [-0.15, -0.1) is 16.4 Å². The maximum atomic E-state index is 11.4. The summed E-state index contributed by atoms with van der Waals surface area (Å²) in [5.41, 5.74) is 3.64. The summed E-state index contributed by atoms with van der Waals surface area (Å²) in [6, 6.07) is 9.95. The zero-order valence-corrected chi connectivity index (χ0v) is 13.1. The van der Waals surface area contributed by atoms with E-state index in [1.165, 1.54) is 0 Å². The first-order valence-corrected chi connectivity index (χ1v) is 7.71. The van der Waals surface area contributed by atoms with E-state index in [0.717, 1.165) is 21.7 Å². The molecular weight excluding hydrogens is 298 g/mol. The molecule has 0 unspecified atom stereocenters. The Morgan fingerprint density at radius 1 is 1.27 bits per heavy atom. The number of carbonyl (C=O) groups is 1. The number of nitrogens with zero attached hydrogens (tertiary/aromatic N) is 3. The summed E-state index contributed by atoms with van der Waals surface area (Å²) in [5.74, 6) is -1.05. The summed E-state index contributed by atoms with van der Waals surface area (Å²) in [6.45, 7) is 4.01. The van der Waals surface area contributed by atoms with Crippen LogP contribution in [0.1, 0.15) is 32.2 Å². The zero-order chi connectivity index (χ0) is 15.7. The molecule has 0 bridgehead atoms. The second kappa shape index (κ2) is 5.73. The Balaban J connectivity index is 2.13. The van der Waals surface area contributed by atoms with Crippen LogP contribution in [-0.2, 0) is 6.42 Å². The molecule has 112 valence electrons. The van der Waals surface area contributed by atoms with Crippen LogP contribution in [-0.4, -0.2) is 26.1 Å². The van der Waals surface area contributed by atoms with Gasteiger partial charge in [0.25, 0.3) is 0 Å². The molecule has 0 atom stereocenters. The smallest absolute Gasteiger partial charge is 0.358 e. The van der Waals surface area contributed by atoms with Gasteiger partial charge in [-0.25, -0.2) is 9.48 Å². The summed E-state index contributed by atoms with van der Waals surface area (Å²) in [4.78, 5) is 12.5. The third kappa shape index (κ3) is 2.78. The van der Waals surface area contributed by atoms with Crippen molar-refractivity contribution >= 4 is 17.3 Å². The van der Waals surface area contributed by atoms with Crippen molar-refractivity contribution in [3.8, 4) is 5.69 Å². The molecular formula is C16H15N3O2S. The number of aromatic carboxylic acids is 1. The van der Waals surface area contributed by atoms with E-state index >= 15 is 0 Å². The Bertz CT molecular complexity index is 802. The molecule has 5 nitrogen and oxygen atoms in total. The van der Waals surface area contributed by atoms with Crippen molar-refractivity contribution in [1.82, 2.24) is 15.0 Å². The van der Waals surface area contributed by atoms with Crippen molar-refractivity contribution in [2.75, 3.05) is 0 Å². The van der Waals surface area contributed by atoms with Gasteiger partial charge in [0, 0.05) is 11.3 Å². The van der Waals surface area contributed by atoms with E-state index in [0.29, 0.717) is 12.1 Å². The van der Waals surface area contributed by atoms with E-state index in [9.17, 15) is 9.90 Å². The molecule has 0 fully saturated rings. The number of hydrogen-bond donors (Lipinski definition) is 1. The van der Waals surface area contributed by atoms with Gasteiger partial charge in [-0.1, -0.05) is 17.3 Å². The van der Waals surface area contributed by atoms with Crippen LogP contribution in [0.5, 0.6) is 0 Å². The monoisotopic (exact) mass is 313 g/mol. The lowest BCUT2D eigenvalue weighted by Crippen LogP contribution is -2.07. The number of benzene rings is 1. The molecule has 0 saturated heterocycles. The van der Waals surface area contributed by atoms with Gasteiger partial charge in [-0.3, -0.25) is 0 Å². The number of aromatic nitrogens is 3. The van der Waals surface area contributed by atoms with E-state index in [-0.39, 0.29) is 5.69 Å². The van der Waals surface area contributed by atoms with Crippen LogP contribution in [0.25, 0.3) is 5.69 Å². The van der Waals surface area contributed by atoms with Crippen molar-refractivity contribution in [1.29, 1.82) is 0 Å². The molecule has 1 N–H and O–H groups in total. The van der Waals surface area contributed by atoms with Crippen molar-refractivity contribution in [3.05, 3.63) is 63.1 Å². The standard InChI is InChI=1S/C16H15N3O2S/c1-10-6-11(2)8-12(7-10)19-14(9-13-4-3-5-22-13)15(16(20)21)17-18-19/h3-8H,9H2,1-2H3,(H,20,21). The molecule has 0 saturated carbocycles. The summed E-state index contributed by atoms with van der Waals surface area (Å²) in [6.07, 6.45) is 0.499. The third-order valence-corrected chi connectivity index (χ3v) is 4.21. The zero-order valence-electron chi connectivity index (χ0n) is 12.3. The number of carboxylic acids is 1. The Morgan fingerprint density at radius 2 is 2.00 bits per heavy atom. The third-order valence-electron chi connectivity index (χ3n) is 3.34. The fraction of sp³-hybridized carbons (Fsp3) is 0.188. The van der Waals surface area contributed by atoms with Crippen molar-refractivity contribution in [2.45, 2.75) is 20.3 Å². The maximum absolute atomic E-state index is 11.4. The minimum Gasteiger partial charge on any atom is -0.476 e. The van der Waals surface area contributed by atoms with Crippen LogP contribution in [0, 0.1) is 13.8 Å². The molecule has 6 heteroatoms. The first-order chi connectivity index (χ1) is 10.5. The van der Waals surface area contributed by atoms with Gasteiger partial charge < -0.3 is 5.11 Å². The lowest BCUT2D eigenvalue weighted by molar-refractivity contribution is 0.0689. The average Bonchev–Trinajstić information content (AvgIpc) is 3.07. The molecule has 22 heavy (non-hydrogen) atoms. The predicted molar refractivity (Wildman–Crippen MR) is 84.9 cm³/mol. The highest BCUT2D eigenvalue weighted by atomic mass is 32.1. The maximum Gasteiger partial charge on any atom is 0.358 e. The Kier molecular flexibility index (Phi) is 3.77. The molecule has 0 amide bonds. The fourth-order valence-electron chi connectivity index (χ4n) is 2.48. The molecule has 0 aliphatic carbocycles. The van der Waals surface area contributed by atoms with Gasteiger partial charge in [0.15, 0.2) is 5.69 Å². The molecule has 0 aliphatic heterocycles. The van der Waals surface area contributed by atoms with Crippen LogP contribution in [0.4, 0.5) is 0 Å². The highest BCUT2D eigenvalue weighted by Crippen LogP contribution is 2.21. The van der Waals surface area contributed by atoms with E-state index in [2.05, 4.69) is 16.4 Å². The second-order valence-corrected chi connectivity index (χ2v) is 6.24. The highest BCUT2D eigenvalue weighted by molar-refractivity contribution is 7.09. The van der Waals surface area contributed by atoms with E-state index in [1.807, 2.05) is 43.5 Å². The first-order valence-electron chi connectivity index (χ1n) is 6.83. The van der Waals surface area contributed by atoms with Gasteiger partial charge in [0.1, 0.15) is 0 Å². The van der Waals surface area contributed by atoms with E-state index < -0.39 is 5.97 Å². The molecule has 1 aromatic carbocycles. The topological polar surface area (TPSA) is 68.0 Å². The number of hydrogen-bond acceptors (Lipinski definition) is 4. The Morgan fingerprint density at radius 3 is 2.59 bits per heavy atom. The predicted octanol–water partition coefficient (Wildman–Crippen LogP) is 3.23. The van der Waals surface area contributed by atoms with Gasteiger partial charge in [-0.05, 0) is 48.6 Å². The van der Waals surface area contributed by atoms with Gasteiger partial charge in [0.05, 0.1) is 11.4 Å². The summed E-state index contributed by atoms with van der Waals surface area (Å²) >= 11 is 1.59. The van der Waals surface area contributed by atoms with Crippen LogP contribution < -0.4 is 0 Å². The van der Waals surface area contributed by atoms with Gasteiger partial charge in [-0.2, -0.15) is 0 Å². The van der Waals surface area contributed by atoms with Crippen LogP contribution in [0.15, 0.2) is 35.7 Å². The lowest BCUT2D eigenvalue weighted by Gasteiger charge is -2.08. The average molecular weight is 313 g/mol. The van der Waals surface area contributed by atoms with E-state index in [1.54, 1.807) is 16.0 Å². The largest absolute Gasteiger partial charge is 0.476 e. The molecule has 0 aliphatic rings. The first kappa shape index (κ1) is 14.5. The molecule has 2 heterocycles. The fourth-order valence-corrected chi connectivity index (χ4v) is 3.19. The van der Waals surface area contributed by atoms with Crippen molar-refractivity contribution in [3.63, 3.8) is 0 Å². The van der Waals surface area contributed by atoms with Crippen LogP contribution in [0.3, 0.4) is 0 Å². The minimum absolute atomic E-state index is 0.00700. The highest BCUT2D eigenvalue weighted by Gasteiger charge is 2.20. The normalized spacial score (nSPS) is 10.8. The number of thiophene rings is 1. The second-order valence-electron chi connectivity index (χ2n) is 5.20. The quantitative estimate of drug-likeness (QED) is 0.803. The molecule has 0 radical (unpaired) electrons. The molecule has 2 aromatic heterocycles. The summed E-state index contributed by atoms with van der Waals surface area (Å²) in [7, 11) is 0. The molecule has 0 spiro atoms. The van der Waals surface area contributed by atoms with Gasteiger partial charge >= 0.3 is 5.97 Å². The van der Waals surface area contributed by atoms with Crippen molar-refractivity contribution in [2.24, 2.45) is 0 Å². The van der Waals surface area contributed by atoms with Gasteiger partial charge in [0.2, 0.25) is 0 Å². The Hall–Kier alpha value is -2.47. The lowest BCUT2D eigenvalue weighted by atomic mass is 10.1. The molecule has 3 aromatic rings. The number of carboxylic acid groups (broad SMARTS) is 1.